The van der Waals surface area contributed by atoms with E-state index < -0.39 is 0 Å². The van der Waals surface area contributed by atoms with Crippen LogP contribution in [0.3, 0.4) is 0 Å². The van der Waals surface area contributed by atoms with Crippen molar-refractivity contribution in [3.63, 3.8) is 0 Å². The van der Waals surface area contributed by atoms with Gasteiger partial charge in [0.05, 0.1) is 33.3 Å². The summed E-state index contributed by atoms with van der Waals surface area (Å²) in [5.74, 6) is -0.168. The highest BCUT2D eigenvalue weighted by Crippen LogP contribution is 2.35. The van der Waals surface area contributed by atoms with Crippen LogP contribution in [0.4, 0.5) is 5.13 Å². The summed E-state index contributed by atoms with van der Waals surface area (Å²) >= 11 is 15.1. The Hall–Kier alpha value is -0.930. The highest BCUT2D eigenvalue weighted by atomic mass is 35.5. The molecule has 2 aromatic heterocycles. The summed E-state index contributed by atoms with van der Waals surface area (Å²) in [5.41, 5.74) is 2.45. The van der Waals surface area contributed by atoms with Crippen molar-refractivity contribution in [1.82, 2.24) is 9.88 Å². The third-order valence-corrected chi connectivity index (χ3v) is 7.25. The predicted molar refractivity (Wildman–Crippen MR) is 125 cm³/mol. The fourth-order valence-corrected chi connectivity index (χ4v) is 5.69. The molecule has 0 atom stereocenters. The molecular weight excluding hydrogens is 473 g/mol. The number of aromatic nitrogens is 1. The fourth-order valence-electron chi connectivity index (χ4n) is 3.17. The Labute approximate surface area is 193 Å². The molecule has 1 aliphatic heterocycles. The molecule has 0 radical (unpaired) electrons. The molecule has 1 fully saturated rings. The SMILES string of the molecule is Cc1cccc2sc(N(CCN3CCOCC3)C(=O)c3cc(Cl)sc3Cl)nc12.Cl. The highest BCUT2D eigenvalue weighted by molar-refractivity contribution is 7.22. The van der Waals surface area contributed by atoms with E-state index in [9.17, 15) is 4.79 Å². The van der Waals surface area contributed by atoms with Crippen LogP contribution in [0.25, 0.3) is 10.2 Å². The second kappa shape index (κ2) is 9.92. The van der Waals surface area contributed by atoms with E-state index in [1.54, 1.807) is 11.0 Å². The van der Waals surface area contributed by atoms with Gasteiger partial charge in [0.2, 0.25) is 0 Å². The first-order valence-corrected chi connectivity index (χ1v) is 11.3. The molecule has 0 saturated carbocycles. The lowest BCUT2D eigenvalue weighted by molar-refractivity contribution is 0.0391. The summed E-state index contributed by atoms with van der Waals surface area (Å²) in [5, 5.41) is 0.681. The Morgan fingerprint density at radius 3 is 2.69 bits per heavy atom. The number of carbonyl (C=O) groups excluding carboxylic acids is 1. The van der Waals surface area contributed by atoms with Gasteiger partial charge >= 0.3 is 0 Å². The Balaban J connectivity index is 0.00000240. The van der Waals surface area contributed by atoms with Gasteiger partial charge in [0.1, 0.15) is 4.34 Å². The van der Waals surface area contributed by atoms with Gasteiger partial charge in [-0.25, -0.2) is 4.98 Å². The number of fused-ring (bicyclic) bond motifs is 1. The molecule has 1 amide bonds. The molecule has 4 rings (SSSR count). The number of hydrogen-bond donors (Lipinski definition) is 0. The summed E-state index contributed by atoms with van der Waals surface area (Å²) in [6.07, 6.45) is 0. The van der Waals surface area contributed by atoms with Crippen LogP contribution in [0.1, 0.15) is 15.9 Å². The Morgan fingerprint density at radius 1 is 1.28 bits per heavy atom. The monoisotopic (exact) mass is 491 g/mol. The van der Waals surface area contributed by atoms with Crippen LogP contribution < -0.4 is 4.90 Å². The Bertz CT molecular complexity index is 1000. The molecule has 5 nitrogen and oxygen atoms in total. The number of nitrogens with zero attached hydrogens (tertiary/aromatic N) is 3. The van der Waals surface area contributed by atoms with E-state index in [-0.39, 0.29) is 18.3 Å². The Kier molecular flexibility index (Phi) is 7.78. The minimum Gasteiger partial charge on any atom is -0.379 e. The minimum atomic E-state index is -0.168. The van der Waals surface area contributed by atoms with Crippen LogP contribution in [0.15, 0.2) is 24.3 Å². The average Bonchev–Trinajstić information content (AvgIpc) is 3.26. The van der Waals surface area contributed by atoms with Gasteiger partial charge in [-0.15, -0.1) is 23.7 Å². The summed E-state index contributed by atoms with van der Waals surface area (Å²) in [7, 11) is 0. The van der Waals surface area contributed by atoms with E-state index in [0.717, 1.165) is 48.6 Å². The topological polar surface area (TPSA) is 45.7 Å². The number of thiophene rings is 1. The zero-order valence-corrected chi connectivity index (χ0v) is 19.7. The fraction of sp³-hybridized carbons (Fsp3) is 0.368. The molecule has 0 unspecified atom stereocenters. The summed E-state index contributed by atoms with van der Waals surface area (Å²) in [6.45, 7) is 6.49. The van der Waals surface area contributed by atoms with E-state index in [0.29, 0.717) is 25.9 Å². The molecule has 1 aliphatic rings. The number of thiazole rings is 1. The van der Waals surface area contributed by atoms with Gasteiger partial charge < -0.3 is 4.74 Å². The van der Waals surface area contributed by atoms with Crippen molar-refractivity contribution >= 4 is 79.5 Å². The van der Waals surface area contributed by atoms with Crippen LogP contribution in [-0.4, -0.2) is 55.2 Å². The number of amides is 1. The van der Waals surface area contributed by atoms with Crippen molar-refractivity contribution in [2.45, 2.75) is 6.92 Å². The lowest BCUT2D eigenvalue weighted by atomic mass is 10.2. The normalized spacial score (nSPS) is 14.7. The van der Waals surface area contributed by atoms with E-state index in [2.05, 4.69) is 4.90 Å². The molecule has 29 heavy (non-hydrogen) atoms. The van der Waals surface area contributed by atoms with Crippen LogP contribution in [0, 0.1) is 6.92 Å². The van der Waals surface area contributed by atoms with Crippen molar-refractivity contribution in [3.05, 3.63) is 44.1 Å². The lowest BCUT2D eigenvalue weighted by Crippen LogP contribution is -2.43. The number of ether oxygens (including phenoxy) is 1. The molecule has 0 bridgehead atoms. The quantitative estimate of drug-likeness (QED) is 0.480. The summed E-state index contributed by atoms with van der Waals surface area (Å²) in [6, 6.07) is 7.70. The molecule has 3 heterocycles. The molecular formula is C19H20Cl3N3O2S2. The number of benzene rings is 1. The maximum absolute atomic E-state index is 13.3. The van der Waals surface area contributed by atoms with Gasteiger partial charge in [-0.05, 0) is 24.6 Å². The maximum Gasteiger partial charge on any atom is 0.262 e. The van der Waals surface area contributed by atoms with Gasteiger partial charge in [-0.3, -0.25) is 14.6 Å². The van der Waals surface area contributed by atoms with E-state index in [1.807, 2.05) is 25.1 Å². The highest BCUT2D eigenvalue weighted by Gasteiger charge is 2.26. The lowest BCUT2D eigenvalue weighted by Gasteiger charge is -2.29. The molecule has 3 aromatic rings. The molecule has 0 aliphatic carbocycles. The molecule has 1 aromatic carbocycles. The van der Waals surface area contributed by atoms with E-state index in [1.165, 1.54) is 22.7 Å². The van der Waals surface area contributed by atoms with Crippen molar-refractivity contribution in [2.24, 2.45) is 0 Å². The largest absolute Gasteiger partial charge is 0.379 e. The Morgan fingerprint density at radius 2 is 2.03 bits per heavy atom. The predicted octanol–water partition coefficient (Wildman–Crippen LogP) is 5.37. The van der Waals surface area contributed by atoms with Gasteiger partial charge in [-0.1, -0.05) is 46.7 Å². The van der Waals surface area contributed by atoms with Gasteiger partial charge in [-0.2, -0.15) is 0 Å². The van der Waals surface area contributed by atoms with Crippen molar-refractivity contribution < 1.29 is 9.53 Å². The standard InChI is InChI=1S/C19H19Cl2N3O2S2.ClH/c1-12-3-2-4-14-16(12)22-19(27-14)24(6-5-23-7-9-26-10-8-23)18(25)13-11-15(20)28-17(13)21;/h2-4,11H,5-10H2,1H3;1H. The number of anilines is 1. The smallest absolute Gasteiger partial charge is 0.262 e. The number of aryl methyl sites for hydroxylation is 1. The van der Waals surface area contributed by atoms with Crippen LogP contribution in [-0.2, 0) is 4.74 Å². The zero-order valence-electron chi connectivity index (χ0n) is 15.7. The number of morpholine rings is 1. The van der Waals surface area contributed by atoms with Crippen LogP contribution in [0.2, 0.25) is 8.67 Å². The van der Waals surface area contributed by atoms with Crippen molar-refractivity contribution in [3.8, 4) is 0 Å². The second-order valence-electron chi connectivity index (χ2n) is 6.57. The summed E-state index contributed by atoms with van der Waals surface area (Å²) < 4.78 is 7.39. The first-order chi connectivity index (χ1) is 13.5. The number of carbonyl (C=O) groups is 1. The minimum absolute atomic E-state index is 0. The maximum atomic E-state index is 13.3. The van der Waals surface area contributed by atoms with E-state index >= 15 is 0 Å². The van der Waals surface area contributed by atoms with Crippen LogP contribution in [0.5, 0.6) is 0 Å². The number of rotatable bonds is 5. The van der Waals surface area contributed by atoms with Gasteiger partial charge in [0, 0.05) is 26.2 Å². The average molecular weight is 493 g/mol. The summed E-state index contributed by atoms with van der Waals surface area (Å²) in [4.78, 5) is 22.1. The molecule has 0 N–H and O–H groups in total. The van der Waals surface area contributed by atoms with Crippen molar-refractivity contribution in [1.29, 1.82) is 0 Å². The number of hydrogen-bond acceptors (Lipinski definition) is 6. The van der Waals surface area contributed by atoms with Crippen LogP contribution >= 0.6 is 58.3 Å². The zero-order chi connectivity index (χ0) is 19.7. The van der Waals surface area contributed by atoms with Crippen molar-refractivity contribution in [2.75, 3.05) is 44.3 Å². The third-order valence-electron chi connectivity index (χ3n) is 4.72. The van der Waals surface area contributed by atoms with Gasteiger partial charge in [0.25, 0.3) is 5.91 Å². The number of halogens is 3. The molecule has 1 saturated heterocycles. The van der Waals surface area contributed by atoms with Gasteiger partial charge in [0.15, 0.2) is 5.13 Å². The first-order valence-electron chi connectivity index (χ1n) is 8.96. The third kappa shape index (κ3) is 5.05. The molecule has 156 valence electrons. The molecule has 0 spiro atoms. The second-order valence-corrected chi connectivity index (χ2v) is 9.86. The first kappa shape index (κ1) is 22.7. The van der Waals surface area contributed by atoms with E-state index in [4.69, 9.17) is 32.9 Å². The molecule has 10 heteroatoms. The number of para-hydroxylation sites is 1.